The van der Waals surface area contributed by atoms with Crippen LogP contribution in [0.5, 0.6) is 5.75 Å². The third-order valence-corrected chi connectivity index (χ3v) is 2.77. The van der Waals surface area contributed by atoms with Crippen molar-refractivity contribution in [2.24, 2.45) is 5.92 Å². The van der Waals surface area contributed by atoms with Gasteiger partial charge < -0.3 is 20.5 Å². The smallest absolute Gasteiger partial charge is 0.325 e. The predicted octanol–water partition coefficient (Wildman–Crippen LogP) is 1.64. The molecule has 1 amide bonds. The first-order valence-electron chi connectivity index (χ1n) is 6.88. The molecule has 0 atom stereocenters. The second kappa shape index (κ2) is 7.52. The van der Waals surface area contributed by atoms with E-state index in [2.05, 4.69) is 0 Å². The minimum Gasteiger partial charge on any atom is -0.508 e. The lowest BCUT2D eigenvalue weighted by Crippen LogP contribution is -2.39. The van der Waals surface area contributed by atoms with E-state index in [4.69, 9.17) is 10.5 Å². The number of hydrogen-bond donors (Lipinski definition) is 2. The SMILES string of the molecule is CCOC(=O)CN(CC(C)C)C(=O)c1cc(O)ccc1N. The van der Waals surface area contributed by atoms with Gasteiger partial charge in [0.1, 0.15) is 12.3 Å². The molecule has 0 radical (unpaired) electrons. The average molecular weight is 294 g/mol. The van der Waals surface area contributed by atoms with Crippen molar-refractivity contribution in [2.45, 2.75) is 20.8 Å². The maximum atomic E-state index is 12.5. The number of anilines is 1. The van der Waals surface area contributed by atoms with Crippen LogP contribution < -0.4 is 5.73 Å². The fraction of sp³-hybridized carbons (Fsp3) is 0.467. The van der Waals surface area contributed by atoms with Gasteiger partial charge in [0.05, 0.1) is 12.2 Å². The van der Waals surface area contributed by atoms with Crippen LogP contribution in [0.4, 0.5) is 5.69 Å². The number of nitrogen functional groups attached to an aromatic ring is 1. The molecular formula is C15H22N2O4. The van der Waals surface area contributed by atoms with E-state index in [1.165, 1.54) is 23.1 Å². The number of rotatable bonds is 6. The Morgan fingerprint density at radius 1 is 1.38 bits per heavy atom. The highest BCUT2D eigenvalue weighted by molar-refractivity contribution is 6.00. The second-order valence-corrected chi connectivity index (χ2v) is 5.16. The Balaban J connectivity index is 2.98. The van der Waals surface area contributed by atoms with Gasteiger partial charge in [-0.25, -0.2) is 0 Å². The zero-order valence-corrected chi connectivity index (χ0v) is 12.6. The first-order chi connectivity index (χ1) is 9.85. The number of phenols is 1. The Morgan fingerprint density at radius 2 is 2.05 bits per heavy atom. The summed E-state index contributed by atoms with van der Waals surface area (Å²) in [6.07, 6.45) is 0. The Bertz CT molecular complexity index is 514. The highest BCUT2D eigenvalue weighted by atomic mass is 16.5. The second-order valence-electron chi connectivity index (χ2n) is 5.16. The van der Waals surface area contributed by atoms with Crippen molar-refractivity contribution in [3.63, 3.8) is 0 Å². The zero-order valence-electron chi connectivity index (χ0n) is 12.6. The van der Waals surface area contributed by atoms with Crippen molar-refractivity contribution < 1.29 is 19.4 Å². The molecule has 1 aromatic carbocycles. The summed E-state index contributed by atoms with van der Waals surface area (Å²) in [5, 5.41) is 9.50. The van der Waals surface area contributed by atoms with Gasteiger partial charge in [-0.2, -0.15) is 0 Å². The Kier molecular flexibility index (Phi) is 6.02. The van der Waals surface area contributed by atoms with Crippen LogP contribution in [0, 0.1) is 5.92 Å². The number of carbonyl (C=O) groups excluding carboxylic acids is 2. The van der Waals surface area contributed by atoms with Gasteiger partial charge in [0.15, 0.2) is 0 Å². The first-order valence-corrected chi connectivity index (χ1v) is 6.88. The molecule has 0 heterocycles. The van der Waals surface area contributed by atoms with Crippen LogP contribution in [0.1, 0.15) is 31.1 Å². The molecule has 0 aliphatic carbocycles. The fourth-order valence-corrected chi connectivity index (χ4v) is 1.92. The summed E-state index contributed by atoms with van der Waals surface area (Å²) < 4.78 is 4.88. The van der Waals surface area contributed by atoms with E-state index in [9.17, 15) is 14.7 Å². The molecule has 21 heavy (non-hydrogen) atoms. The summed E-state index contributed by atoms with van der Waals surface area (Å²) in [6.45, 7) is 6.11. The monoisotopic (exact) mass is 294 g/mol. The molecule has 0 fully saturated rings. The van der Waals surface area contributed by atoms with E-state index in [0.717, 1.165) is 0 Å². The van der Waals surface area contributed by atoms with Gasteiger partial charge in [0.25, 0.3) is 5.91 Å². The number of esters is 1. The molecule has 0 aromatic heterocycles. The molecule has 1 rings (SSSR count). The van der Waals surface area contributed by atoms with E-state index in [-0.39, 0.29) is 36.1 Å². The maximum Gasteiger partial charge on any atom is 0.325 e. The minimum absolute atomic E-state index is 0.0480. The normalized spacial score (nSPS) is 10.5. The molecule has 0 spiro atoms. The van der Waals surface area contributed by atoms with Gasteiger partial charge in [-0.15, -0.1) is 0 Å². The fourth-order valence-electron chi connectivity index (χ4n) is 1.92. The molecule has 0 aliphatic heterocycles. The highest BCUT2D eigenvalue weighted by Crippen LogP contribution is 2.20. The number of aromatic hydroxyl groups is 1. The van der Waals surface area contributed by atoms with Crippen LogP contribution in [0.2, 0.25) is 0 Å². The van der Waals surface area contributed by atoms with E-state index in [0.29, 0.717) is 6.54 Å². The molecule has 0 saturated heterocycles. The molecule has 6 nitrogen and oxygen atoms in total. The van der Waals surface area contributed by atoms with Crippen LogP contribution in [-0.2, 0) is 9.53 Å². The summed E-state index contributed by atoms with van der Waals surface area (Å²) in [4.78, 5) is 25.5. The maximum absolute atomic E-state index is 12.5. The lowest BCUT2D eigenvalue weighted by atomic mass is 10.1. The van der Waals surface area contributed by atoms with Crippen molar-refractivity contribution in [2.75, 3.05) is 25.4 Å². The van der Waals surface area contributed by atoms with Crippen LogP contribution in [0.15, 0.2) is 18.2 Å². The molecule has 0 unspecified atom stereocenters. The van der Waals surface area contributed by atoms with Crippen molar-refractivity contribution in [3.8, 4) is 5.75 Å². The van der Waals surface area contributed by atoms with Crippen LogP contribution in [0.3, 0.4) is 0 Å². The van der Waals surface area contributed by atoms with E-state index in [1.54, 1.807) is 6.92 Å². The third kappa shape index (κ3) is 4.98. The Morgan fingerprint density at radius 3 is 2.62 bits per heavy atom. The number of hydrogen-bond acceptors (Lipinski definition) is 5. The van der Waals surface area contributed by atoms with E-state index in [1.807, 2.05) is 13.8 Å². The van der Waals surface area contributed by atoms with E-state index < -0.39 is 11.9 Å². The minimum atomic E-state index is -0.467. The number of phenolic OH excluding ortho intramolecular Hbond substituents is 1. The number of ether oxygens (including phenoxy) is 1. The summed E-state index contributed by atoms with van der Waals surface area (Å²) in [5.41, 5.74) is 6.21. The Hall–Kier alpha value is -2.24. The lowest BCUT2D eigenvalue weighted by molar-refractivity contribution is -0.143. The molecule has 0 aliphatic rings. The first kappa shape index (κ1) is 16.8. The van der Waals surface area contributed by atoms with Crippen molar-refractivity contribution in [1.82, 2.24) is 4.90 Å². The summed E-state index contributed by atoms with van der Waals surface area (Å²) in [5.74, 6) is -0.731. The third-order valence-electron chi connectivity index (χ3n) is 2.77. The number of carbonyl (C=O) groups is 2. The van der Waals surface area contributed by atoms with Crippen molar-refractivity contribution in [1.29, 1.82) is 0 Å². The highest BCUT2D eigenvalue weighted by Gasteiger charge is 2.22. The van der Waals surface area contributed by atoms with Gasteiger partial charge in [-0.1, -0.05) is 13.8 Å². The number of benzene rings is 1. The van der Waals surface area contributed by atoms with Gasteiger partial charge in [0.2, 0.25) is 0 Å². The molecular weight excluding hydrogens is 272 g/mol. The standard InChI is InChI=1S/C15H22N2O4/c1-4-21-14(19)9-17(8-10(2)3)15(20)12-7-11(18)5-6-13(12)16/h5-7,10,18H,4,8-9,16H2,1-3H3. The molecule has 0 saturated carbocycles. The molecule has 0 bridgehead atoms. The Labute approximate surface area is 124 Å². The van der Waals surface area contributed by atoms with Crippen molar-refractivity contribution in [3.05, 3.63) is 23.8 Å². The summed E-state index contributed by atoms with van der Waals surface area (Å²) in [7, 11) is 0. The largest absolute Gasteiger partial charge is 0.508 e. The topological polar surface area (TPSA) is 92.9 Å². The molecule has 1 aromatic rings. The summed E-state index contributed by atoms with van der Waals surface area (Å²) in [6, 6.07) is 4.17. The van der Waals surface area contributed by atoms with Gasteiger partial charge >= 0.3 is 5.97 Å². The average Bonchev–Trinajstić information content (AvgIpc) is 2.39. The number of nitrogens with zero attached hydrogens (tertiary/aromatic N) is 1. The predicted molar refractivity (Wildman–Crippen MR) is 79.9 cm³/mol. The van der Waals surface area contributed by atoms with E-state index >= 15 is 0 Å². The molecule has 116 valence electrons. The van der Waals surface area contributed by atoms with Gasteiger partial charge in [0, 0.05) is 12.2 Å². The van der Waals surface area contributed by atoms with Crippen LogP contribution >= 0.6 is 0 Å². The summed E-state index contributed by atoms with van der Waals surface area (Å²) >= 11 is 0. The van der Waals surface area contributed by atoms with Gasteiger partial charge in [-0.05, 0) is 31.0 Å². The quantitative estimate of drug-likeness (QED) is 0.472. The van der Waals surface area contributed by atoms with Crippen molar-refractivity contribution >= 4 is 17.6 Å². The molecule has 3 N–H and O–H groups in total. The van der Waals surface area contributed by atoms with Crippen LogP contribution in [-0.4, -0.2) is 41.6 Å². The molecule has 6 heteroatoms. The number of nitrogens with two attached hydrogens (primary N) is 1. The zero-order chi connectivity index (χ0) is 16.0. The lowest BCUT2D eigenvalue weighted by Gasteiger charge is -2.24. The van der Waals surface area contributed by atoms with Gasteiger partial charge in [-0.3, -0.25) is 9.59 Å². The van der Waals surface area contributed by atoms with Crippen LogP contribution in [0.25, 0.3) is 0 Å². The number of amides is 1.